The van der Waals surface area contributed by atoms with Crippen LogP contribution < -0.4 is 16.1 Å². The van der Waals surface area contributed by atoms with E-state index in [1.54, 1.807) is 0 Å². The number of carboxylic acids is 1. The highest BCUT2D eigenvalue weighted by molar-refractivity contribution is 5.66. The summed E-state index contributed by atoms with van der Waals surface area (Å²) in [5, 5.41) is 12.9. The molecule has 2 rings (SSSR count). The van der Waals surface area contributed by atoms with E-state index in [9.17, 15) is 14.4 Å². The predicted molar refractivity (Wildman–Crippen MR) is 76.6 cm³/mol. The smallest absolute Gasteiger partial charge is 0.346 e. The fourth-order valence-electron chi connectivity index (χ4n) is 2.73. The molecule has 8 heteroatoms. The summed E-state index contributed by atoms with van der Waals surface area (Å²) in [7, 11) is 2.92. The van der Waals surface area contributed by atoms with E-state index in [1.165, 1.54) is 14.1 Å². The Labute approximate surface area is 121 Å². The largest absolute Gasteiger partial charge is 0.481 e. The zero-order chi connectivity index (χ0) is 15.6. The maximum atomic E-state index is 12.3. The van der Waals surface area contributed by atoms with E-state index < -0.39 is 17.2 Å². The van der Waals surface area contributed by atoms with Crippen LogP contribution in [0.1, 0.15) is 32.1 Å². The van der Waals surface area contributed by atoms with E-state index >= 15 is 0 Å². The number of piperidine rings is 1. The lowest BCUT2D eigenvalue weighted by Crippen LogP contribution is -2.48. The van der Waals surface area contributed by atoms with Crippen molar-refractivity contribution in [3.8, 4) is 0 Å². The summed E-state index contributed by atoms with van der Waals surface area (Å²) in [6.45, 7) is 0.657. The summed E-state index contributed by atoms with van der Waals surface area (Å²) in [5.74, 6) is -0.614. The third-order valence-electron chi connectivity index (χ3n) is 3.90. The Bertz CT molecular complexity index is 649. The third-order valence-corrected chi connectivity index (χ3v) is 3.90. The molecule has 1 aliphatic heterocycles. The molecule has 1 fully saturated rings. The second-order valence-electron chi connectivity index (χ2n) is 5.37. The van der Waals surface area contributed by atoms with Gasteiger partial charge in [0.25, 0.3) is 5.56 Å². The van der Waals surface area contributed by atoms with E-state index in [1.807, 2.05) is 4.90 Å². The van der Waals surface area contributed by atoms with Crippen molar-refractivity contribution in [3.63, 3.8) is 0 Å². The molecule has 1 aromatic heterocycles. The van der Waals surface area contributed by atoms with Crippen LogP contribution >= 0.6 is 0 Å². The molecule has 0 bridgehead atoms. The summed E-state index contributed by atoms with van der Waals surface area (Å²) in [4.78, 5) is 36.6. The van der Waals surface area contributed by atoms with Crippen molar-refractivity contribution >= 4 is 11.8 Å². The average molecular weight is 296 g/mol. The van der Waals surface area contributed by atoms with Gasteiger partial charge < -0.3 is 10.0 Å². The number of carboxylic acid groups (broad SMARTS) is 1. The van der Waals surface area contributed by atoms with Crippen LogP contribution in [0.3, 0.4) is 0 Å². The SMILES string of the molecule is Cn1nc(N2CCCCC2CCC(=O)O)c(=O)n(C)c1=O. The molecule has 0 aliphatic carbocycles. The summed E-state index contributed by atoms with van der Waals surface area (Å²) < 4.78 is 2.17. The zero-order valence-electron chi connectivity index (χ0n) is 12.3. The van der Waals surface area contributed by atoms with Gasteiger partial charge in [0.15, 0.2) is 0 Å². The third kappa shape index (κ3) is 3.14. The molecule has 1 saturated heterocycles. The van der Waals surface area contributed by atoms with Gasteiger partial charge >= 0.3 is 11.7 Å². The van der Waals surface area contributed by atoms with Crippen molar-refractivity contribution in [1.29, 1.82) is 0 Å². The number of anilines is 1. The van der Waals surface area contributed by atoms with E-state index in [-0.39, 0.29) is 18.3 Å². The van der Waals surface area contributed by atoms with Crippen molar-refractivity contribution in [2.75, 3.05) is 11.4 Å². The van der Waals surface area contributed by atoms with E-state index in [0.29, 0.717) is 13.0 Å². The van der Waals surface area contributed by atoms with Crippen molar-refractivity contribution < 1.29 is 9.90 Å². The van der Waals surface area contributed by atoms with E-state index in [4.69, 9.17) is 5.11 Å². The summed E-state index contributed by atoms with van der Waals surface area (Å²) in [5.41, 5.74) is -0.900. The van der Waals surface area contributed by atoms with Crippen LogP contribution in [0.5, 0.6) is 0 Å². The molecule has 1 unspecified atom stereocenters. The molecule has 1 aliphatic rings. The number of nitrogens with zero attached hydrogens (tertiary/aromatic N) is 4. The highest BCUT2D eigenvalue weighted by Crippen LogP contribution is 2.23. The Morgan fingerprint density at radius 3 is 2.71 bits per heavy atom. The Hall–Kier alpha value is -2.12. The molecule has 0 spiro atoms. The number of carbonyl (C=O) groups is 1. The number of aryl methyl sites for hydroxylation is 1. The molecule has 21 heavy (non-hydrogen) atoms. The van der Waals surface area contributed by atoms with E-state index in [2.05, 4.69) is 5.10 Å². The first-order valence-corrected chi connectivity index (χ1v) is 7.04. The lowest BCUT2D eigenvalue weighted by atomic mass is 9.98. The van der Waals surface area contributed by atoms with Gasteiger partial charge in [0.1, 0.15) is 0 Å². The monoisotopic (exact) mass is 296 g/mol. The van der Waals surface area contributed by atoms with Gasteiger partial charge in [0, 0.05) is 33.1 Å². The first-order valence-electron chi connectivity index (χ1n) is 7.04. The van der Waals surface area contributed by atoms with Crippen LogP contribution in [-0.2, 0) is 18.9 Å². The molecule has 0 radical (unpaired) electrons. The molecule has 1 aromatic rings. The van der Waals surface area contributed by atoms with Gasteiger partial charge in [0.2, 0.25) is 5.82 Å². The number of aromatic nitrogens is 3. The normalized spacial score (nSPS) is 18.8. The van der Waals surface area contributed by atoms with E-state index in [0.717, 1.165) is 28.5 Å². The molecule has 116 valence electrons. The molecular formula is C13H20N4O4. The number of rotatable bonds is 4. The molecule has 0 amide bonds. The minimum absolute atomic E-state index is 0.0208. The average Bonchev–Trinajstić information content (AvgIpc) is 2.47. The van der Waals surface area contributed by atoms with Crippen LogP contribution in [-0.4, -0.2) is 38.0 Å². The van der Waals surface area contributed by atoms with Gasteiger partial charge in [-0.25, -0.2) is 9.48 Å². The maximum Gasteiger partial charge on any atom is 0.346 e. The molecule has 1 N–H and O–H groups in total. The van der Waals surface area contributed by atoms with Crippen LogP contribution in [0.15, 0.2) is 9.59 Å². The first-order chi connectivity index (χ1) is 9.91. The minimum atomic E-state index is -0.846. The lowest BCUT2D eigenvalue weighted by molar-refractivity contribution is -0.137. The molecule has 1 atom stereocenters. The van der Waals surface area contributed by atoms with Crippen LogP contribution in [0, 0.1) is 0 Å². The predicted octanol–water partition coefficient (Wildman–Crippen LogP) is -0.297. The Morgan fingerprint density at radius 1 is 1.33 bits per heavy atom. The summed E-state index contributed by atoms with van der Waals surface area (Å²) >= 11 is 0. The molecule has 2 heterocycles. The van der Waals surface area contributed by atoms with Gasteiger partial charge in [-0.2, -0.15) is 0 Å². The summed E-state index contributed by atoms with van der Waals surface area (Å²) in [6.07, 6.45) is 3.31. The second kappa shape index (κ2) is 6.11. The van der Waals surface area contributed by atoms with Gasteiger partial charge in [-0.1, -0.05) is 0 Å². The quantitative estimate of drug-likeness (QED) is 0.819. The first kappa shape index (κ1) is 15.3. The summed E-state index contributed by atoms with van der Waals surface area (Å²) in [6, 6.07) is -0.0208. The van der Waals surface area contributed by atoms with Crippen LogP contribution in [0.4, 0.5) is 5.82 Å². The Balaban J connectivity index is 2.36. The van der Waals surface area contributed by atoms with Gasteiger partial charge in [-0.15, -0.1) is 5.10 Å². The second-order valence-corrected chi connectivity index (χ2v) is 5.37. The topological polar surface area (TPSA) is 97.4 Å². The van der Waals surface area contributed by atoms with Gasteiger partial charge in [-0.05, 0) is 25.7 Å². The number of aliphatic carboxylic acids is 1. The van der Waals surface area contributed by atoms with Crippen LogP contribution in [0.25, 0.3) is 0 Å². The van der Waals surface area contributed by atoms with Crippen molar-refractivity contribution in [2.24, 2.45) is 14.1 Å². The van der Waals surface area contributed by atoms with Crippen molar-refractivity contribution in [2.45, 2.75) is 38.1 Å². The Morgan fingerprint density at radius 2 is 2.05 bits per heavy atom. The standard InChI is InChI=1S/C13H20N4O4/c1-15-12(20)11(14-16(2)13(15)21)17-8-4-3-5-9(17)6-7-10(18)19/h9H,3-8H2,1-2H3,(H,18,19). The molecule has 0 aromatic carbocycles. The fraction of sp³-hybridized carbons (Fsp3) is 0.692. The Kier molecular flexibility index (Phi) is 4.44. The van der Waals surface area contributed by atoms with Crippen molar-refractivity contribution in [3.05, 3.63) is 20.8 Å². The van der Waals surface area contributed by atoms with Gasteiger partial charge in [-0.3, -0.25) is 14.2 Å². The van der Waals surface area contributed by atoms with Gasteiger partial charge in [0.05, 0.1) is 0 Å². The lowest BCUT2D eigenvalue weighted by Gasteiger charge is -2.36. The maximum absolute atomic E-state index is 12.3. The highest BCUT2D eigenvalue weighted by Gasteiger charge is 2.27. The highest BCUT2D eigenvalue weighted by atomic mass is 16.4. The molecule has 0 saturated carbocycles. The number of hydrogen-bond acceptors (Lipinski definition) is 5. The zero-order valence-corrected chi connectivity index (χ0v) is 12.3. The number of hydrogen-bond donors (Lipinski definition) is 1. The fourth-order valence-corrected chi connectivity index (χ4v) is 2.73. The van der Waals surface area contributed by atoms with Crippen LogP contribution in [0.2, 0.25) is 0 Å². The molecule has 8 nitrogen and oxygen atoms in total. The minimum Gasteiger partial charge on any atom is -0.481 e. The van der Waals surface area contributed by atoms with Crippen molar-refractivity contribution in [1.82, 2.24) is 14.3 Å². The molecular weight excluding hydrogens is 276 g/mol.